The summed E-state index contributed by atoms with van der Waals surface area (Å²) in [5.41, 5.74) is 0.621. The third kappa shape index (κ3) is 7.69. The Morgan fingerprint density at radius 2 is 1.68 bits per heavy atom. The summed E-state index contributed by atoms with van der Waals surface area (Å²) in [5, 5.41) is 5.57. The van der Waals surface area contributed by atoms with Gasteiger partial charge in [0, 0.05) is 22.6 Å². The minimum Gasteiger partial charge on any atom is -0.456 e. The van der Waals surface area contributed by atoms with Gasteiger partial charge in [0.05, 0.1) is 6.42 Å². The van der Waals surface area contributed by atoms with Gasteiger partial charge in [0.1, 0.15) is 0 Å². The van der Waals surface area contributed by atoms with Crippen LogP contribution in [0.25, 0.3) is 0 Å². The fraction of sp³-hybridized carbons (Fsp3) is 0.500. The largest absolute Gasteiger partial charge is 0.456 e. The molecule has 0 aromatic heterocycles. The first-order valence-electron chi connectivity index (χ1n) is 8.53. The maximum Gasteiger partial charge on any atom is 0.306 e. The highest BCUT2D eigenvalue weighted by Gasteiger charge is 2.16. The average Bonchev–Trinajstić information content (AvgIpc) is 2.61. The van der Waals surface area contributed by atoms with Crippen molar-refractivity contribution in [2.75, 3.05) is 11.9 Å². The number of rotatable bonds is 7. The van der Waals surface area contributed by atoms with E-state index < -0.39 is 11.9 Å². The van der Waals surface area contributed by atoms with E-state index in [1.807, 2.05) is 0 Å². The van der Waals surface area contributed by atoms with Crippen LogP contribution in [0.3, 0.4) is 0 Å². The second-order valence-corrected chi connectivity index (χ2v) is 7.03. The first-order valence-corrected chi connectivity index (χ1v) is 9.32. The summed E-state index contributed by atoms with van der Waals surface area (Å²) in [7, 11) is 0. The summed E-state index contributed by atoms with van der Waals surface area (Å²) in [6, 6.07) is 7.30. The molecule has 136 valence electrons. The number of esters is 1. The molecule has 2 amide bonds. The van der Waals surface area contributed by atoms with E-state index >= 15 is 0 Å². The van der Waals surface area contributed by atoms with Gasteiger partial charge in [0.2, 0.25) is 5.91 Å². The molecular formula is C18H23BrN2O4. The van der Waals surface area contributed by atoms with E-state index in [-0.39, 0.29) is 31.4 Å². The van der Waals surface area contributed by atoms with Crippen LogP contribution in [0.4, 0.5) is 5.69 Å². The number of hydrogen-bond acceptors (Lipinski definition) is 4. The van der Waals surface area contributed by atoms with Crippen LogP contribution in [-0.4, -0.2) is 30.4 Å². The van der Waals surface area contributed by atoms with Gasteiger partial charge < -0.3 is 15.4 Å². The summed E-state index contributed by atoms with van der Waals surface area (Å²) < 4.78 is 5.81. The number of ether oxygens (including phenoxy) is 1. The van der Waals surface area contributed by atoms with Crippen LogP contribution in [0.1, 0.15) is 44.9 Å². The number of carbonyl (C=O) groups is 3. The lowest BCUT2D eigenvalue weighted by Crippen LogP contribution is -2.36. The number of anilines is 1. The Morgan fingerprint density at radius 3 is 2.36 bits per heavy atom. The topological polar surface area (TPSA) is 84.5 Å². The summed E-state index contributed by atoms with van der Waals surface area (Å²) >= 11 is 3.31. The van der Waals surface area contributed by atoms with Crippen molar-refractivity contribution in [2.45, 2.75) is 51.0 Å². The second-order valence-electron chi connectivity index (χ2n) is 6.12. The smallest absolute Gasteiger partial charge is 0.306 e. The molecule has 0 heterocycles. The first kappa shape index (κ1) is 19.4. The van der Waals surface area contributed by atoms with Crippen LogP contribution in [0.5, 0.6) is 0 Å². The number of hydrogen-bond donors (Lipinski definition) is 2. The zero-order valence-corrected chi connectivity index (χ0v) is 15.6. The van der Waals surface area contributed by atoms with Crippen LogP contribution >= 0.6 is 15.9 Å². The van der Waals surface area contributed by atoms with Gasteiger partial charge in [-0.1, -0.05) is 35.2 Å². The Hall–Kier alpha value is -1.89. The van der Waals surface area contributed by atoms with Crippen molar-refractivity contribution in [3.8, 4) is 0 Å². The van der Waals surface area contributed by atoms with E-state index in [1.54, 1.807) is 24.3 Å². The van der Waals surface area contributed by atoms with Crippen LogP contribution in [-0.2, 0) is 19.1 Å². The lowest BCUT2D eigenvalue weighted by molar-refractivity contribution is -0.148. The molecule has 1 aliphatic carbocycles. The minimum absolute atomic E-state index is 0.0237. The predicted molar refractivity (Wildman–Crippen MR) is 98.0 cm³/mol. The SMILES string of the molecule is O=C(COC(=O)CCC(=O)NC1CCCCC1)Nc1ccc(Br)cc1. The van der Waals surface area contributed by atoms with E-state index in [2.05, 4.69) is 26.6 Å². The summed E-state index contributed by atoms with van der Waals surface area (Å²) in [4.78, 5) is 35.2. The Morgan fingerprint density at radius 1 is 1.00 bits per heavy atom. The Balaban J connectivity index is 1.60. The van der Waals surface area contributed by atoms with E-state index in [0.29, 0.717) is 5.69 Å². The van der Waals surface area contributed by atoms with Gasteiger partial charge in [-0.3, -0.25) is 14.4 Å². The van der Waals surface area contributed by atoms with Crippen LogP contribution in [0.15, 0.2) is 28.7 Å². The highest BCUT2D eigenvalue weighted by atomic mass is 79.9. The van der Waals surface area contributed by atoms with Gasteiger partial charge in [-0.2, -0.15) is 0 Å². The zero-order chi connectivity index (χ0) is 18.1. The van der Waals surface area contributed by atoms with Crippen molar-refractivity contribution >= 4 is 39.4 Å². The highest BCUT2D eigenvalue weighted by molar-refractivity contribution is 9.10. The molecular weight excluding hydrogens is 388 g/mol. The normalized spacial score (nSPS) is 14.6. The molecule has 0 spiro atoms. The summed E-state index contributed by atoms with van der Waals surface area (Å²) in [5.74, 6) is -1.10. The molecule has 2 N–H and O–H groups in total. The van der Waals surface area contributed by atoms with Gasteiger partial charge in [-0.15, -0.1) is 0 Å². The number of amides is 2. The van der Waals surface area contributed by atoms with E-state index in [4.69, 9.17) is 4.74 Å². The third-order valence-corrected chi connectivity index (χ3v) is 4.55. The molecule has 0 radical (unpaired) electrons. The highest BCUT2D eigenvalue weighted by Crippen LogP contribution is 2.17. The fourth-order valence-corrected chi connectivity index (χ4v) is 2.98. The van der Waals surface area contributed by atoms with E-state index in [9.17, 15) is 14.4 Å². The predicted octanol–water partition coefficient (Wildman–Crippen LogP) is 3.16. The maximum atomic E-state index is 11.8. The molecule has 6 nitrogen and oxygen atoms in total. The molecule has 0 aliphatic heterocycles. The standard InChI is InChI=1S/C18H23BrN2O4/c19-13-6-8-15(9-7-13)21-17(23)12-25-18(24)11-10-16(22)20-14-4-2-1-3-5-14/h6-9,14H,1-5,10-12H2,(H,20,22)(H,21,23). The number of nitrogens with one attached hydrogen (secondary N) is 2. The molecule has 7 heteroatoms. The van der Waals surface area contributed by atoms with Gasteiger partial charge in [-0.25, -0.2) is 0 Å². The molecule has 1 fully saturated rings. The quantitative estimate of drug-likeness (QED) is 0.676. The molecule has 2 rings (SSSR count). The summed E-state index contributed by atoms with van der Waals surface area (Å²) in [6.07, 6.45) is 5.58. The molecule has 1 aromatic carbocycles. The molecule has 0 atom stereocenters. The van der Waals surface area contributed by atoms with E-state index in [0.717, 1.165) is 30.2 Å². The lowest BCUT2D eigenvalue weighted by Gasteiger charge is -2.22. The second kappa shape index (κ2) is 10.2. The average molecular weight is 411 g/mol. The first-order chi connectivity index (χ1) is 12.0. The molecule has 0 bridgehead atoms. The lowest BCUT2D eigenvalue weighted by atomic mass is 9.95. The van der Waals surface area contributed by atoms with Gasteiger partial charge in [-0.05, 0) is 37.1 Å². The molecule has 1 aliphatic rings. The van der Waals surface area contributed by atoms with Crippen molar-refractivity contribution in [3.63, 3.8) is 0 Å². The molecule has 0 saturated heterocycles. The molecule has 1 aromatic rings. The molecule has 25 heavy (non-hydrogen) atoms. The molecule has 1 saturated carbocycles. The van der Waals surface area contributed by atoms with E-state index in [1.165, 1.54) is 6.42 Å². The van der Waals surface area contributed by atoms with Gasteiger partial charge in [0.25, 0.3) is 5.91 Å². The number of halogens is 1. The third-order valence-electron chi connectivity index (χ3n) is 4.02. The fourth-order valence-electron chi connectivity index (χ4n) is 2.71. The van der Waals surface area contributed by atoms with Crippen LogP contribution in [0, 0.1) is 0 Å². The Labute approximate surface area is 155 Å². The maximum absolute atomic E-state index is 11.8. The Bertz CT molecular complexity index is 598. The monoisotopic (exact) mass is 410 g/mol. The van der Waals surface area contributed by atoms with Crippen molar-refractivity contribution in [1.82, 2.24) is 5.32 Å². The van der Waals surface area contributed by atoms with Gasteiger partial charge in [0.15, 0.2) is 6.61 Å². The van der Waals surface area contributed by atoms with Crippen LogP contribution < -0.4 is 10.6 Å². The zero-order valence-electron chi connectivity index (χ0n) is 14.1. The van der Waals surface area contributed by atoms with Crippen molar-refractivity contribution in [2.24, 2.45) is 0 Å². The minimum atomic E-state index is -0.551. The number of carbonyl (C=O) groups excluding carboxylic acids is 3. The summed E-state index contributed by atoms with van der Waals surface area (Å²) in [6.45, 7) is -0.362. The number of benzene rings is 1. The van der Waals surface area contributed by atoms with Crippen molar-refractivity contribution < 1.29 is 19.1 Å². The van der Waals surface area contributed by atoms with Gasteiger partial charge >= 0.3 is 5.97 Å². The van der Waals surface area contributed by atoms with Crippen molar-refractivity contribution in [3.05, 3.63) is 28.7 Å². The van der Waals surface area contributed by atoms with Crippen LogP contribution in [0.2, 0.25) is 0 Å². The van der Waals surface area contributed by atoms with Crippen molar-refractivity contribution in [1.29, 1.82) is 0 Å². The Kier molecular flexibility index (Phi) is 7.91. The molecule has 0 unspecified atom stereocenters.